The molecule has 2 N–H and O–H groups in total. The monoisotopic (exact) mass is 318 g/mol. The van der Waals surface area contributed by atoms with Gasteiger partial charge < -0.3 is 15.3 Å². The number of aryl methyl sites for hydroxylation is 1. The molecule has 128 valence electrons. The third kappa shape index (κ3) is 5.05. The first kappa shape index (κ1) is 18.0. The van der Waals surface area contributed by atoms with Crippen LogP contribution in [0.1, 0.15) is 44.7 Å². The second-order valence-corrected chi connectivity index (χ2v) is 8.02. The third-order valence-electron chi connectivity index (χ3n) is 4.23. The van der Waals surface area contributed by atoms with Gasteiger partial charge in [0.05, 0.1) is 0 Å². The van der Waals surface area contributed by atoms with Crippen LogP contribution >= 0.6 is 0 Å². The molecule has 4 nitrogen and oxygen atoms in total. The number of hydrogen-bond donors (Lipinski definition) is 2. The minimum atomic E-state index is -1.27. The fraction of sp³-hybridized carbons (Fsp3) is 0.632. The average molecular weight is 318 g/mol. The molecule has 1 fully saturated rings. The van der Waals surface area contributed by atoms with E-state index in [0.29, 0.717) is 26.1 Å². The molecule has 0 bridgehead atoms. The van der Waals surface area contributed by atoms with Crippen molar-refractivity contribution in [2.75, 3.05) is 19.6 Å². The lowest BCUT2D eigenvalue weighted by Crippen LogP contribution is -2.58. The van der Waals surface area contributed by atoms with Crippen LogP contribution in [0.2, 0.25) is 0 Å². The van der Waals surface area contributed by atoms with E-state index in [0.717, 1.165) is 18.5 Å². The Morgan fingerprint density at radius 3 is 2.74 bits per heavy atom. The number of carbonyl (C=O) groups excluding carboxylic acids is 1. The van der Waals surface area contributed by atoms with Gasteiger partial charge in [-0.15, -0.1) is 0 Å². The molecule has 0 saturated carbocycles. The number of hydrogen-bond acceptors (Lipinski definition) is 3. The van der Waals surface area contributed by atoms with Crippen molar-refractivity contribution in [2.45, 2.75) is 52.7 Å². The van der Waals surface area contributed by atoms with E-state index in [4.69, 9.17) is 0 Å². The van der Waals surface area contributed by atoms with E-state index in [9.17, 15) is 9.90 Å². The lowest BCUT2D eigenvalue weighted by Gasteiger charge is -2.39. The molecule has 1 aliphatic rings. The predicted octanol–water partition coefficient (Wildman–Crippen LogP) is 2.48. The van der Waals surface area contributed by atoms with E-state index in [1.807, 2.05) is 25.1 Å². The smallest absolute Gasteiger partial charge is 0.256 e. The minimum absolute atomic E-state index is 0.134. The summed E-state index contributed by atoms with van der Waals surface area (Å²) in [6, 6.07) is 8.19. The predicted molar refractivity (Wildman–Crippen MR) is 93.1 cm³/mol. The number of benzene rings is 1. The van der Waals surface area contributed by atoms with Crippen molar-refractivity contribution < 1.29 is 9.90 Å². The van der Waals surface area contributed by atoms with Crippen LogP contribution < -0.4 is 5.32 Å². The second-order valence-electron chi connectivity index (χ2n) is 8.02. The van der Waals surface area contributed by atoms with Crippen molar-refractivity contribution in [1.29, 1.82) is 0 Å². The van der Waals surface area contributed by atoms with Crippen LogP contribution in [0.4, 0.5) is 0 Å². The fourth-order valence-corrected chi connectivity index (χ4v) is 3.06. The Morgan fingerprint density at radius 2 is 2.09 bits per heavy atom. The topological polar surface area (TPSA) is 52.6 Å². The molecular formula is C19H30N2O2. The Kier molecular flexibility index (Phi) is 5.48. The molecule has 0 radical (unpaired) electrons. The van der Waals surface area contributed by atoms with Crippen molar-refractivity contribution >= 4 is 5.91 Å². The number of nitrogens with zero attached hydrogens (tertiary/aromatic N) is 1. The Morgan fingerprint density at radius 1 is 1.35 bits per heavy atom. The minimum Gasteiger partial charge on any atom is -0.379 e. The molecule has 1 aromatic carbocycles. The molecule has 0 aliphatic carbocycles. The zero-order chi connectivity index (χ0) is 17.1. The summed E-state index contributed by atoms with van der Waals surface area (Å²) < 4.78 is 0. The maximum Gasteiger partial charge on any atom is 0.256 e. The first-order chi connectivity index (χ1) is 10.7. The number of nitrogens with one attached hydrogen (secondary N) is 1. The summed E-state index contributed by atoms with van der Waals surface area (Å²) in [4.78, 5) is 14.5. The summed E-state index contributed by atoms with van der Waals surface area (Å²) >= 11 is 0. The highest BCUT2D eigenvalue weighted by Crippen LogP contribution is 2.24. The molecule has 1 aromatic rings. The van der Waals surface area contributed by atoms with Gasteiger partial charge in [-0.3, -0.25) is 4.79 Å². The summed E-state index contributed by atoms with van der Waals surface area (Å²) in [5.74, 6) is -0.147. The quantitative estimate of drug-likeness (QED) is 0.877. The maximum absolute atomic E-state index is 12.7. The molecular weight excluding hydrogens is 288 g/mol. The summed E-state index contributed by atoms with van der Waals surface area (Å²) in [7, 11) is 0. The van der Waals surface area contributed by atoms with Gasteiger partial charge in [-0.25, -0.2) is 0 Å². The van der Waals surface area contributed by atoms with E-state index >= 15 is 0 Å². The van der Waals surface area contributed by atoms with Crippen molar-refractivity contribution in [3.63, 3.8) is 0 Å². The molecule has 2 rings (SSSR count). The SMILES string of the molecule is Cc1cccc(CN2CCC[C@](O)(CNCC(C)(C)C)C2=O)c1. The highest BCUT2D eigenvalue weighted by Gasteiger charge is 2.41. The van der Waals surface area contributed by atoms with Crippen LogP contribution in [-0.2, 0) is 11.3 Å². The van der Waals surface area contributed by atoms with E-state index in [1.54, 1.807) is 4.90 Å². The highest BCUT2D eigenvalue weighted by molar-refractivity contribution is 5.86. The summed E-state index contributed by atoms with van der Waals surface area (Å²) in [5, 5.41) is 14.0. The standard InChI is InChI=1S/C19H30N2O2/c1-15-7-5-8-16(11-15)12-21-10-6-9-19(23,17(21)22)14-20-13-18(2,3)4/h5,7-8,11,20,23H,6,9-10,12-14H2,1-4H3/t19-/m0/s1. The van der Waals surface area contributed by atoms with Crippen LogP contribution in [0.25, 0.3) is 0 Å². The number of piperidine rings is 1. The van der Waals surface area contributed by atoms with Gasteiger partial charge in [0.15, 0.2) is 5.60 Å². The number of rotatable bonds is 5. The largest absolute Gasteiger partial charge is 0.379 e. The molecule has 0 spiro atoms. The average Bonchev–Trinajstić information content (AvgIpc) is 2.43. The highest BCUT2D eigenvalue weighted by atomic mass is 16.3. The van der Waals surface area contributed by atoms with Crippen LogP contribution in [0.3, 0.4) is 0 Å². The van der Waals surface area contributed by atoms with Gasteiger partial charge in [-0.1, -0.05) is 50.6 Å². The molecule has 1 saturated heterocycles. The Bertz CT molecular complexity index is 551. The number of likely N-dealkylation sites (tertiary alicyclic amines) is 1. The third-order valence-corrected chi connectivity index (χ3v) is 4.23. The lowest BCUT2D eigenvalue weighted by molar-refractivity contribution is -0.157. The first-order valence-electron chi connectivity index (χ1n) is 8.48. The molecule has 0 aromatic heterocycles. The Balaban J connectivity index is 1.99. The van der Waals surface area contributed by atoms with Crippen molar-refractivity contribution in [1.82, 2.24) is 10.2 Å². The zero-order valence-electron chi connectivity index (χ0n) is 14.9. The number of carbonyl (C=O) groups is 1. The van der Waals surface area contributed by atoms with Gasteiger partial charge in [0.25, 0.3) is 5.91 Å². The van der Waals surface area contributed by atoms with Gasteiger partial charge in [0.1, 0.15) is 0 Å². The van der Waals surface area contributed by atoms with E-state index in [-0.39, 0.29) is 11.3 Å². The zero-order valence-corrected chi connectivity index (χ0v) is 14.9. The van der Waals surface area contributed by atoms with E-state index < -0.39 is 5.60 Å². The van der Waals surface area contributed by atoms with Gasteiger partial charge in [-0.05, 0) is 30.7 Å². The fourth-order valence-electron chi connectivity index (χ4n) is 3.06. The van der Waals surface area contributed by atoms with Gasteiger partial charge in [-0.2, -0.15) is 0 Å². The van der Waals surface area contributed by atoms with Gasteiger partial charge in [0.2, 0.25) is 0 Å². The van der Waals surface area contributed by atoms with Crippen LogP contribution in [-0.4, -0.2) is 41.1 Å². The van der Waals surface area contributed by atoms with Gasteiger partial charge in [0, 0.05) is 26.2 Å². The number of aliphatic hydroxyl groups is 1. The Labute approximate surface area is 139 Å². The van der Waals surface area contributed by atoms with E-state index in [2.05, 4.69) is 32.2 Å². The molecule has 1 amide bonds. The molecule has 0 unspecified atom stereocenters. The normalized spacial score (nSPS) is 22.5. The van der Waals surface area contributed by atoms with Crippen LogP contribution in [0, 0.1) is 12.3 Å². The van der Waals surface area contributed by atoms with Crippen LogP contribution in [0.15, 0.2) is 24.3 Å². The molecule has 23 heavy (non-hydrogen) atoms. The van der Waals surface area contributed by atoms with Crippen molar-refractivity contribution in [2.24, 2.45) is 5.41 Å². The summed E-state index contributed by atoms with van der Waals surface area (Å²) in [6.07, 6.45) is 1.37. The molecule has 1 aliphatic heterocycles. The lowest BCUT2D eigenvalue weighted by atomic mass is 9.90. The van der Waals surface area contributed by atoms with Crippen LogP contribution in [0.5, 0.6) is 0 Å². The number of amides is 1. The van der Waals surface area contributed by atoms with Crippen molar-refractivity contribution in [3.05, 3.63) is 35.4 Å². The van der Waals surface area contributed by atoms with Gasteiger partial charge >= 0.3 is 0 Å². The summed E-state index contributed by atoms with van der Waals surface area (Å²) in [6.45, 7) is 10.9. The maximum atomic E-state index is 12.7. The first-order valence-corrected chi connectivity index (χ1v) is 8.48. The summed E-state index contributed by atoms with van der Waals surface area (Å²) in [5.41, 5.74) is 1.17. The molecule has 4 heteroatoms. The van der Waals surface area contributed by atoms with Crippen molar-refractivity contribution in [3.8, 4) is 0 Å². The van der Waals surface area contributed by atoms with E-state index in [1.165, 1.54) is 5.56 Å². The Hall–Kier alpha value is -1.39. The second kappa shape index (κ2) is 7.02. The molecule has 1 atom stereocenters. The molecule has 1 heterocycles.